The van der Waals surface area contributed by atoms with Gasteiger partial charge in [0, 0.05) is 24.8 Å². The number of hydrogen-bond acceptors (Lipinski definition) is 5. The van der Waals surface area contributed by atoms with Crippen LogP contribution in [0.5, 0.6) is 5.88 Å². The summed E-state index contributed by atoms with van der Waals surface area (Å²) in [7, 11) is 2.00. The minimum atomic E-state index is 0.689. The van der Waals surface area contributed by atoms with Crippen LogP contribution in [0, 0.1) is 12.8 Å². The van der Waals surface area contributed by atoms with Crippen molar-refractivity contribution in [1.82, 2.24) is 15.3 Å². The molecule has 106 valence electrons. The third kappa shape index (κ3) is 3.80. The van der Waals surface area contributed by atoms with E-state index >= 15 is 0 Å². The van der Waals surface area contributed by atoms with E-state index < -0.39 is 0 Å². The van der Waals surface area contributed by atoms with Crippen LogP contribution in [-0.4, -0.2) is 43.3 Å². The summed E-state index contributed by atoms with van der Waals surface area (Å²) < 4.78 is 5.62. The summed E-state index contributed by atoms with van der Waals surface area (Å²) >= 11 is 0. The van der Waals surface area contributed by atoms with E-state index in [-0.39, 0.29) is 0 Å². The minimum Gasteiger partial charge on any atom is -0.478 e. The highest BCUT2D eigenvalue weighted by molar-refractivity contribution is 5.35. The van der Waals surface area contributed by atoms with Gasteiger partial charge in [0.1, 0.15) is 0 Å². The molecular formula is C14H24N4O. The van der Waals surface area contributed by atoms with Crippen LogP contribution in [0.4, 0.5) is 5.95 Å². The maximum atomic E-state index is 5.62. The van der Waals surface area contributed by atoms with Gasteiger partial charge in [-0.3, -0.25) is 0 Å². The maximum Gasteiger partial charge on any atom is 0.228 e. The van der Waals surface area contributed by atoms with Crippen molar-refractivity contribution in [3.8, 4) is 5.88 Å². The summed E-state index contributed by atoms with van der Waals surface area (Å²) in [5.41, 5.74) is 0.966. The van der Waals surface area contributed by atoms with Gasteiger partial charge in [0.25, 0.3) is 0 Å². The van der Waals surface area contributed by atoms with Crippen molar-refractivity contribution in [3.63, 3.8) is 0 Å². The van der Waals surface area contributed by atoms with Crippen molar-refractivity contribution in [3.05, 3.63) is 11.8 Å². The van der Waals surface area contributed by atoms with Gasteiger partial charge >= 0.3 is 0 Å². The fraction of sp³-hybridized carbons (Fsp3) is 0.714. The average Bonchev–Trinajstić information content (AvgIpc) is 2.85. The number of nitrogens with zero attached hydrogens (tertiary/aromatic N) is 3. The standard InChI is InChI=1S/C14H24N4O/c1-4-7-19-13-8-11(2)16-14(17-13)18-6-5-12(10-18)9-15-3/h8,12,15H,4-7,9-10H2,1-3H3. The van der Waals surface area contributed by atoms with Crippen molar-refractivity contribution >= 4 is 5.95 Å². The first-order valence-electron chi connectivity index (χ1n) is 7.11. The monoisotopic (exact) mass is 264 g/mol. The maximum absolute atomic E-state index is 5.62. The summed E-state index contributed by atoms with van der Waals surface area (Å²) in [6, 6.07) is 1.90. The van der Waals surface area contributed by atoms with E-state index in [0.717, 1.165) is 37.7 Å². The molecule has 1 N–H and O–H groups in total. The Morgan fingerprint density at radius 3 is 3.05 bits per heavy atom. The SMILES string of the molecule is CCCOc1cc(C)nc(N2CCC(CNC)C2)n1. The van der Waals surface area contributed by atoms with Crippen LogP contribution < -0.4 is 15.0 Å². The Hall–Kier alpha value is -1.36. The third-order valence-electron chi connectivity index (χ3n) is 3.33. The summed E-state index contributed by atoms with van der Waals surface area (Å²) in [5, 5.41) is 3.24. The second-order valence-electron chi connectivity index (χ2n) is 5.15. The lowest BCUT2D eigenvalue weighted by Gasteiger charge is -2.17. The predicted molar refractivity (Wildman–Crippen MR) is 76.8 cm³/mol. The van der Waals surface area contributed by atoms with Gasteiger partial charge in [-0.15, -0.1) is 0 Å². The van der Waals surface area contributed by atoms with Crippen LogP contribution >= 0.6 is 0 Å². The molecule has 0 bridgehead atoms. The van der Waals surface area contributed by atoms with E-state index in [0.29, 0.717) is 18.4 Å². The molecule has 5 nitrogen and oxygen atoms in total. The second-order valence-corrected chi connectivity index (χ2v) is 5.15. The summed E-state index contributed by atoms with van der Waals surface area (Å²) in [4.78, 5) is 11.3. The van der Waals surface area contributed by atoms with Gasteiger partial charge in [-0.2, -0.15) is 4.98 Å². The lowest BCUT2D eigenvalue weighted by molar-refractivity contribution is 0.304. The Bertz CT molecular complexity index is 410. The molecule has 0 saturated carbocycles. The molecule has 1 atom stereocenters. The van der Waals surface area contributed by atoms with Gasteiger partial charge in [0.2, 0.25) is 11.8 Å². The zero-order chi connectivity index (χ0) is 13.7. The molecule has 1 aliphatic rings. The first kappa shape index (κ1) is 14.1. The molecular weight excluding hydrogens is 240 g/mol. The van der Waals surface area contributed by atoms with E-state index in [2.05, 4.69) is 27.1 Å². The highest BCUT2D eigenvalue weighted by Gasteiger charge is 2.24. The predicted octanol–water partition coefficient (Wildman–Crippen LogP) is 1.62. The number of nitrogens with one attached hydrogen (secondary N) is 1. The van der Waals surface area contributed by atoms with E-state index in [1.54, 1.807) is 0 Å². The molecule has 0 aliphatic carbocycles. The number of hydrogen-bond donors (Lipinski definition) is 1. The molecule has 0 radical (unpaired) electrons. The Kier molecular flexibility index (Phi) is 4.96. The smallest absolute Gasteiger partial charge is 0.228 e. The lowest BCUT2D eigenvalue weighted by Crippen LogP contribution is -2.25. The first-order valence-corrected chi connectivity index (χ1v) is 7.11. The average molecular weight is 264 g/mol. The third-order valence-corrected chi connectivity index (χ3v) is 3.33. The molecule has 1 fully saturated rings. The van der Waals surface area contributed by atoms with Crippen LogP contribution in [0.2, 0.25) is 0 Å². The van der Waals surface area contributed by atoms with Crippen LogP contribution in [0.1, 0.15) is 25.5 Å². The topological polar surface area (TPSA) is 50.3 Å². The molecule has 19 heavy (non-hydrogen) atoms. The number of anilines is 1. The molecule has 0 spiro atoms. The van der Waals surface area contributed by atoms with Crippen LogP contribution in [0.3, 0.4) is 0 Å². The van der Waals surface area contributed by atoms with Crippen LogP contribution in [0.15, 0.2) is 6.07 Å². The van der Waals surface area contributed by atoms with Crippen molar-refractivity contribution in [2.75, 3.05) is 38.2 Å². The van der Waals surface area contributed by atoms with Gasteiger partial charge < -0.3 is 15.0 Å². The van der Waals surface area contributed by atoms with E-state index in [1.165, 1.54) is 6.42 Å². The second kappa shape index (κ2) is 6.70. The highest BCUT2D eigenvalue weighted by Crippen LogP contribution is 2.22. The molecule has 1 aliphatic heterocycles. The van der Waals surface area contributed by atoms with Gasteiger partial charge in [-0.05, 0) is 39.3 Å². The zero-order valence-electron chi connectivity index (χ0n) is 12.1. The van der Waals surface area contributed by atoms with Crippen molar-refractivity contribution in [2.45, 2.75) is 26.7 Å². The van der Waals surface area contributed by atoms with Gasteiger partial charge in [0.05, 0.1) is 6.61 Å². The summed E-state index contributed by atoms with van der Waals surface area (Å²) in [5.74, 6) is 2.19. The molecule has 1 saturated heterocycles. The van der Waals surface area contributed by atoms with Crippen LogP contribution in [0.25, 0.3) is 0 Å². The van der Waals surface area contributed by atoms with Gasteiger partial charge in [-0.25, -0.2) is 4.98 Å². The molecule has 5 heteroatoms. The van der Waals surface area contributed by atoms with Crippen LogP contribution in [-0.2, 0) is 0 Å². The molecule has 0 aromatic carbocycles. The molecule has 1 aromatic rings. The number of ether oxygens (including phenoxy) is 1. The zero-order valence-corrected chi connectivity index (χ0v) is 12.1. The highest BCUT2D eigenvalue weighted by atomic mass is 16.5. The quantitative estimate of drug-likeness (QED) is 0.846. The normalized spacial score (nSPS) is 18.9. The fourth-order valence-corrected chi connectivity index (χ4v) is 2.42. The molecule has 0 amide bonds. The number of aromatic nitrogens is 2. The van der Waals surface area contributed by atoms with Gasteiger partial charge in [-0.1, -0.05) is 6.92 Å². The van der Waals surface area contributed by atoms with E-state index in [9.17, 15) is 0 Å². The number of rotatable bonds is 6. The fourth-order valence-electron chi connectivity index (χ4n) is 2.42. The van der Waals surface area contributed by atoms with Crippen molar-refractivity contribution in [1.29, 1.82) is 0 Å². The Balaban J connectivity index is 2.05. The summed E-state index contributed by atoms with van der Waals surface area (Å²) in [6.45, 7) is 7.91. The first-order chi connectivity index (χ1) is 9.22. The van der Waals surface area contributed by atoms with E-state index in [1.807, 2.05) is 20.0 Å². The Morgan fingerprint density at radius 1 is 1.47 bits per heavy atom. The Labute approximate surface area is 115 Å². The largest absolute Gasteiger partial charge is 0.478 e. The molecule has 2 rings (SSSR count). The van der Waals surface area contributed by atoms with E-state index in [4.69, 9.17) is 4.74 Å². The number of aryl methyl sites for hydroxylation is 1. The molecule has 1 aromatic heterocycles. The summed E-state index contributed by atoms with van der Waals surface area (Å²) in [6.07, 6.45) is 2.19. The molecule has 1 unspecified atom stereocenters. The Morgan fingerprint density at radius 2 is 2.32 bits per heavy atom. The minimum absolute atomic E-state index is 0.689. The lowest BCUT2D eigenvalue weighted by atomic mass is 10.1. The van der Waals surface area contributed by atoms with Crippen molar-refractivity contribution in [2.24, 2.45) is 5.92 Å². The molecule has 2 heterocycles. The van der Waals surface area contributed by atoms with Crippen molar-refractivity contribution < 1.29 is 4.74 Å². The van der Waals surface area contributed by atoms with Gasteiger partial charge in [0.15, 0.2) is 0 Å².